The largest absolute Gasteiger partial charge is 0.384 e. The summed E-state index contributed by atoms with van der Waals surface area (Å²) in [5.74, 6) is -0.218. The second-order valence-electron chi connectivity index (χ2n) is 4.48. The van der Waals surface area contributed by atoms with E-state index in [0.29, 0.717) is 12.2 Å². The van der Waals surface area contributed by atoms with Crippen molar-refractivity contribution < 1.29 is 9.13 Å². The first-order chi connectivity index (χ1) is 9.63. The van der Waals surface area contributed by atoms with Crippen LogP contribution in [0.3, 0.4) is 0 Å². The van der Waals surface area contributed by atoms with Gasteiger partial charge < -0.3 is 4.74 Å². The van der Waals surface area contributed by atoms with E-state index in [0.717, 1.165) is 16.5 Å². The van der Waals surface area contributed by atoms with E-state index in [1.807, 2.05) is 18.2 Å². The molecule has 0 aliphatic carbocycles. The van der Waals surface area contributed by atoms with Crippen LogP contribution in [0.25, 0.3) is 0 Å². The van der Waals surface area contributed by atoms with Gasteiger partial charge in [0.05, 0.1) is 11.4 Å². The third kappa shape index (κ3) is 3.68. The van der Waals surface area contributed by atoms with Gasteiger partial charge in [-0.25, -0.2) is 4.39 Å². The van der Waals surface area contributed by atoms with Crippen LogP contribution in [0.2, 0.25) is 0 Å². The zero-order chi connectivity index (χ0) is 14.5. The second-order valence-corrected chi connectivity index (χ2v) is 6.25. The number of methoxy groups -OCH3 is 1. The molecule has 1 atom stereocenters. The van der Waals surface area contributed by atoms with Crippen molar-refractivity contribution in [3.63, 3.8) is 0 Å². The van der Waals surface area contributed by atoms with Crippen LogP contribution in [0.15, 0.2) is 46.9 Å². The number of hydrogen-bond acceptors (Lipinski definition) is 1. The van der Waals surface area contributed by atoms with E-state index in [2.05, 4.69) is 44.0 Å². The number of alkyl halides is 1. The fourth-order valence-corrected chi connectivity index (χ4v) is 3.64. The summed E-state index contributed by atoms with van der Waals surface area (Å²) in [6.45, 7) is 0.704. The monoisotopic (exact) mass is 400 g/mol. The Morgan fingerprint density at radius 3 is 2.45 bits per heavy atom. The first kappa shape index (κ1) is 15.7. The van der Waals surface area contributed by atoms with E-state index in [-0.39, 0.29) is 10.6 Å². The van der Waals surface area contributed by atoms with Gasteiger partial charge in [-0.15, -0.1) is 0 Å². The molecule has 1 nitrogen and oxygen atoms in total. The molecule has 2 aromatic carbocycles. The van der Waals surface area contributed by atoms with Crippen molar-refractivity contribution in [1.82, 2.24) is 0 Å². The standard InChI is InChI=1S/C16H15Br2FO/c1-20-10-9-11-5-7-12(8-6-11)16(18)15-13(17)3-2-4-14(15)19/h2-8,16H,9-10H2,1H3. The zero-order valence-corrected chi connectivity index (χ0v) is 14.2. The Hall–Kier alpha value is -0.710. The lowest BCUT2D eigenvalue weighted by atomic mass is 10.0. The fraction of sp³-hybridized carbons (Fsp3) is 0.250. The minimum atomic E-state index is -0.218. The van der Waals surface area contributed by atoms with Crippen molar-refractivity contribution in [2.45, 2.75) is 11.2 Å². The van der Waals surface area contributed by atoms with Crippen molar-refractivity contribution in [2.75, 3.05) is 13.7 Å². The lowest BCUT2D eigenvalue weighted by Gasteiger charge is -2.14. The predicted molar refractivity (Wildman–Crippen MR) is 86.9 cm³/mol. The molecule has 0 aliphatic heterocycles. The van der Waals surface area contributed by atoms with E-state index in [1.54, 1.807) is 13.2 Å². The van der Waals surface area contributed by atoms with Gasteiger partial charge in [0.15, 0.2) is 0 Å². The molecule has 0 aromatic heterocycles. The molecule has 20 heavy (non-hydrogen) atoms. The molecule has 106 valence electrons. The smallest absolute Gasteiger partial charge is 0.129 e. The molecule has 4 heteroatoms. The molecule has 0 fully saturated rings. The van der Waals surface area contributed by atoms with Gasteiger partial charge in [0.1, 0.15) is 5.82 Å². The Labute approximate surface area is 135 Å². The quantitative estimate of drug-likeness (QED) is 0.620. The van der Waals surface area contributed by atoms with Gasteiger partial charge in [0.2, 0.25) is 0 Å². The first-order valence-corrected chi connectivity index (χ1v) is 8.00. The molecule has 0 N–H and O–H groups in total. The third-order valence-electron chi connectivity index (χ3n) is 3.12. The van der Waals surface area contributed by atoms with Crippen molar-refractivity contribution in [3.8, 4) is 0 Å². The maximum Gasteiger partial charge on any atom is 0.129 e. The fourth-order valence-electron chi connectivity index (χ4n) is 1.99. The molecule has 2 aromatic rings. The van der Waals surface area contributed by atoms with Crippen LogP contribution >= 0.6 is 31.9 Å². The van der Waals surface area contributed by atoms with Gasteiger partial charge in [-0.05, 0) is 29.7 Å². The number of benzene rings is 2. The zero-order valence-electron chi connectivity index (χ0n) is 11.1. The van der Waals surface area contributed by atoms with Gasteiger partial charge in [-0.3, -0.25) is 0 Å². The van der Waals surface area contributed by atoms with Gasteiger partial charge in [0, 0.05) is 17.1 Å². The Kier molecular flexibility index (Phi) is 5.75. The summed E-state index contributed by atoms with van der Waals surface area (Å²) in [4.78, 5) is -0.172. The van der Waals surface area contributed by atoms with Crippen LogP contribution in [0.4, 0.5) is 4.39 Å². The van der Waals surface area contributed by atoms with E-state index in [1.165, 1.54) is 11.6 Å². The summed E-state index contributed by atoms with van der Waals surface area (Å²) in [5.41, 5.74) is 2.86. The minimum Gasteiger partial charge on any atom is -0.384 e. The van der Waals surface area contributed by atoms with Crippen molar-refractivity contribution in [3.05, 3.63) is 69.4 Å². The van der Waals surface area contributed by atoms with Crippen molar-refractivity contribution >= 4 is 31.9 Å². The van der Waals surface area contributed by atoms with Crippen LogP contribution in [0.1, 0.15) is 21.5 Å². The van der Waals surface area contributed by atoms with Crippen molar-refractivity contribution in [2.24, 2.45) is 0 Å². The molecular weight excluding hydrogens is 387 g/mol. The van der Waals surface area contributed by atoms with Crippen molar-refractivity contribution in [1.29, 1.82) is 0 Å². The number of ether oxygens (including phenoxy) is 1. The van der Waals surface area contributed by atoms with Gasteiger partial charge in [-0.2, -0.15) is 0 Å². The summed E-state index contributed by atoms with van der Waals surface area (Å²) >= 11 is 6.99. The highest BCUT2D eigenvalue weighted by molar-refractivity contribution is 9.11. The maximum atomic E-state index is 14.0. The Morgan fingerprint density at radius 2 is 1.85 bits per heavy atom. The molecule has 0 heterocycles. The Bertz CT molecular complexity index is 549. The highest BCUT2D eigenvalue weighted by Crippen LogP contribution is 2.37. The predicted octanol–water partition coefficient (Wildman–Crippen LogP) is 5.26. The topological polar surface area (TPSA) is 9.23 Å². The number of halogens is 3. The number of rotatable bonds is 5. The van der Waals surface area contributed by atoms with E-state index in [9.17, 15) is 4.39 Å². The highest BCUT2D eigenvalue weighted by Gasteiger charge is 2.17. The molecule has 0 bridgehead atoms. The van der Waals surface area contributed by atoms with Crippen LogP contribution < -0.4 is 0 Å². The maximum absolute atomic E-state index is 14.0. The van der Waals surface area contributed by atoms with Crippen LogP contribution in [-0.2, 0) is 11.2 Å². The number of hydrogen-bond donors (Lipinski definition) is 0. The van der Waals surface area contributed by atoms with E-state index < -0.39 is 0 Å². The molecular formula is C16H15Br2FO. The summed E-state index contributed by atoms with van der Waals surface area (Å²) in [7, 11) is 1.69. The molecule has 0 saturated carbocycles. The molecule has 0 saturated heterocycles. The highest BCUT2D eigenvalue weighted by atomic mass is 79.9. The molecule has 2 rings (SSSR count). The van der Waals surface area contributed by atoms with E-state index >= 15 is 0 Å². The van der Waals surface area contributed by atoms with Crippen LogP contribution in [-0.4, -0.2) is 13.7 Å². The molecule has 1 unspecified atom stereocenters. The lowest BCUT2D eigenvalue weighted by Crippen LogP contribution is -1.99. The average Bonchev–Trinajstić information content (AvgIpc) is 2.45. The van der Waals surface area contributed by atoms with E-state index in [4.69, 9.17) is 4.74 Å². The lowest BCUT2D eigenvalue weighted by molar-refractivity contribution is 0.202. The Morgan fingerprint density at radius 1 is 1.15 bits per heavy atom. The van der Waals surface area contributed by atoms with Gasteiger partial charge in [0.25, 0.3) is 0 Å². The second kappa shape index (κ2) is 7.34. The van der Waals surface area contributed by atoms with Crippen LogP contribution in [0.5, 0.6) is 0 Å². The summed E-state index contributed by atoms with van der Waals surface area (Å²) in [6, 6.07) is 13.2. The normalized spacial score (nSPS) is 12.4. The minimum absolute atomic E-state index is 0.172. The average molecular weight is 402 g/mol. The molecule has 0 aliphatic rings. The Balaban J connectivity index is 2.23. The third-order valence-corrected chi connectivity index (χ3v) is 4.80. The van der Waals surface area contributed by atoms with Gasteiger partial charge in [-0.1, -0.05) is 62.2 Å². The van der Waals surface area contributed by atoms with Gasteiger partial charge >= 0.3 is 0 Å². The molecule has 0 radical (unpaired) electrons. The summed E-state index contributed by atoms with van der Waals surface area (Å²) in [6.07, 6.45) is 0.882. The summed E-state index contributed by atoms with van der Waals surface area (Å²) in [5, 5.41) is 0. The molecule has 0 spiro atoms. The van der Waals surface area contributed by atoms with Crippen LogP contribution in [0, 0.1) is 5.82 Å². The SMILES string of the molecule is COCCc1ccc(C(Br)c2c(F)cccc2Br)cc1. The first-order valence-electron chi connectivity index (χ1n) is 6.29. The summed E-state index contributed by atoms with van der Waals surface area (Å²) < 4.78 is 19.8. The molecule has 0 amide bonds.